The Labute approximate surface area is 153 Å². The number of fused-ring (bicyclic) bond motifs is 1. The minimum atomic E-state index is -0.290. The Hall–Kier alpha value is -3.14. The van der Waals surface area contributed by atoms with Crippen LogP contribution in [-0.4, -0.2) is 17.2 Å². The summed E-state index contributed by atoms with van der Waals surface area (Å²) in [4.78, 5) is 12.2. The molecule has 4 heteroatoms. The van der Waals surface area contributed by atoms with Gasteiger partial charge in [0.1, 0.15) is 5.75 Å². The molecule has 0 aliphatic carbocycles. The van der Waals surface area contributed by atoms with Crippen molar-refractivity contribution >= 4 is 22.9 Å². The van der Waals surface area contributed by atoms with Crippen LogP contribution in [0, 0.1) is 0 Å². The Balaban J connectivity index is 1.72. The molecule has 3 rings (SSSR count). The molecule has 2 N–H and O–H groups in total. The van der Waals surface area contributed by atoms with Crippen LogP contribution in [-0.2, 0) is 5.41 Å². The first kappa shape index (κ1) is 17.7. The van der Waals surface area contributed by atoms with Gasteiger partial charge in [0.25, 0.3) is 5.91 Å². The molecule has 26 heavy (non-hydrogen) atoms. The summed E-state index contributed by atoms with van der Waals surface area (Å²) in [5, 5.41) is 16.0. The van der Waals surface area contributed by atoms with Gasteiger partial charge in [0.2, 0.25) is 0 Å². The van der Waals surface area contributed by atoms with Crippen molar-refractivity contribution < 1.29 is 9.90 Å². The minimum Gasteiger partial charge on any atom is -0.507 e. The predicted molar refractivity (Wildman–Crippen MR) is 106 cm³/mol. The molecule has 0 radical (unpaired) electrons. The number of phenols is 1. The molecule has 3 aromatic rings. The first-order valence-corrected chi connectivity index (χ1v) is 8.51. The van der Waals surface area contributed by atoms with Crippen LogP contribution in [0.15, 0.2) is 65.8 Å². The van der Waals surface area contributed by atoms with Crippen LogP contribution in [0.4, 0.5) is 0 Å². The van der Waals surface area contributed by atoms with Crippen LogP contribution in [0.1, 0.15) is 42.3 Å². The molecule has 0 aromatic heterocycles. The average Bonchev–Trinajstić information content (AvgIpc) is 2.63. The maximum Gasteiger partial charge on any atom is 0.271 e. The van der Waals surface area contributed by atoms with Gasteiger partial charge in [-0.2, -0.15) is 5.10 Å². The van der Waals surface area contributed by atoms with E-state index < -0.39 is 0 Å². The number of aromatic hydroxyl groups is 1. The molecule has 0 heterocycles. The summed E-state index contributed by atoms with van der Waals surface area (Å²) in [6, 6.07) is 18.7. The fraction of sp³-hybridized carbons (Fsp3) is 0.182. The largest absolute Gasteiger partial charge is 0.507 e. The lowest BCUT2D eigenvalue weighted by atomic mass is 9.87. The number of rotatable bonds is 3. The normalized spacial score (nSPS) is 11.8. The zero-order chi connectivity index (χ0) is 18.7. The highest BCUT2D eigenvalue weighted by Crippen LogP contribution is 2.27. The van der Waals surface area contributed by atoms with Gasteiger partial charge >= 0.3 is 0 Å². The Morgan fingerprint density at radius 2 is 1.69 bits per heavy atom. The second-order valence-electron chi connectivity index (χ2n) is 7.25. The summed E-state index contributed by atoms with van der Waals surface area (Å²) >= 11 is 0. The first-order valence-electron chi connectivity index (χ1n) is 8.51. The van der Waals surface area contributed by atoms with E-state index in [9.17, 15) is 9.90 Å². The highest BCUT2D eigenvalue weighted by molar-refractivity contribution is 5.98. The van der Waals surface area contributed by atoms with Crippen molar-refractivity contribution in [1.82, 2.24) is 5.43 Å². The lowest BCUT2D eigenvalue weighted by Crippen LogP contribution is -2.18. The van der Waals surface area contributed by atoms with Crippen LogP contribution in [0.25, 0.3) is 10.8 Å². The number of carbonyl (C=O) groups is 1. The summed E-state index contributed by atoms with van der Waals surface area (Å²) < 4.78 is 0. The summed E-state index contributed by atoms with van der Waals surface area (Å²) in [6.07, 6.45) is 1.45. The maximum absolute atomic E-state index is 12.2. The van der Waals surface area contributed by atoms with Gasteiger partial charge in [0, 0.05) is 16.5 Å². The number of hydrazone groups is 1. The highest BCUT2D eigenvalue weighted by atomic mass is 16.3. The minimum absolute atomic E-state index is 0.0424. The van der Waals surface area contributed by atoms with Crippen LogP contribution in [0.5, 0.6) is 5.75 Å². The summed E-state index contributed by atoms with van der Waals surface area (Å²) in [7, 11) is 0. The molecular formula is C22H22N2O2. The molecule has 132 valence electrons. The maximum atomic E-state index is 12.2. The monoisotopic (exact) mass is 346 g/mol. The molecule has 4 nitrogen and oxygen atoms in total. The van der Waals surface area contributed by atoms with Crippen molar-refractivity contribution in [1.29, 1.82) is 0 Å². The van der Waals surface area contributed by atoms with Crippen molar-refractivity contribution in [3.63, 3.8) is 0 Å². The van der Waals surface area contributed by atoms with Gasteiger partial charge < -0.3 is 5.11 Å². The fourth-order valence-corrected chi connectivity index (χ4v) is 2.72. The predicted octanol–water partition coefficient (Wildman–Crippen LogP) is 4.61. The van der Waals surface area contributed by atoms with Crippen LogP contribution in [0.2, 0.25) is 0 Å². The molecule has 0 aliphatic heterocycles. The van der Waals surface area contributed by atoms with E-state index >= 15 is 0 Å². The molecule has 1 amide bonds. The summed E-state index contributed by atoms with van der Waals surface area (Å²) in [5.74, 6) is -0.141. The number of hydrogen-bond donors (Lipinski definition) is 2. The number of carbonyl (C=O) groups excluding carboxylic acids is 1. The quantitative estimate of drug-likeness (QED) is 0.537. The number of nitrogens with zero attached hydrogens (tertiary/aromatic N) is 1. The Bertz CT molecular complexity index is 968. The number of nitrogens with one attached hydrogen (secondary N) is 1. The van der Waals surface area contributed by atoms with Gasteiger partial charge in [-0.1, -0.05) is 63.2 Å². The van der Waals surface area contributed by atoms with Gasteiger partial charge in [-0.3, -0.25) is 4.79 Å². The molecule has 0 aliphatic rings. The molecule has 0 unspecified atom stereocenters. The van der Waals surface area contributed by atoms with Crippen LogP contribution < -0.4 is 5.43 Å². The topological polar surface area (TPSA) is 61.7 Å². The Kier molecular flexibility index (Phi) is 4.76. The lowest BCUT2D eigenvalue weighted by Gasteiger charge is -2.18. The van der Waals surface area contributed by atoms with Gasteiger partial charge in [-0.25, -0.2) is 5.43 Å². The van der Waals surface area contributed by atoms with E-state index in [0.717, 1.165) is 10.8 Å². The van der Waals surface area contributed by atoms with E-state index in [2.05, 4.69) is 31.3 Å². The number of amides is 1. The van der Waals surface area contributed by atoms with Crippen molar-refractivity contribution in [3.8, 4) is 5.75 Å². The van der Waals surface area contributed by atoms with E-state index in [0.29, 0.717) is 11.1 Å². The van der Waals surface area contributed by atoms with Gasteiger partial charge in [0.15, 0.2) is 0 Å². The molecule has 0 fully saturated rings. The van der Waals surface area contributed by atoms with E-state index in [1.54, 1.807) is 18.2 Å². The third kappa shape index (κ3) is 3.75. The fourth-order valence-electron chi connectivity index (χ4n) is 2.72. The molecule has 3 aromatic carbocycles. The number of benzene rings is 3. The third-order valence-electron chi connectivity index (χ3n) is 4.31. The Morgan fingerprint density at radius 1 is 1.00 bits per heavy atom. The first-order chi connectivity index (χ1) is 12.4. The third-order valence-corrected chi connectivity index (χ3v) is 4.31. The zero-order valence-electron chi connectivity index (χ0n) is 15.2. The average molecular weight is 346 g/mol. The van der Waals surface area contributed by atoms with Crippen molar-refractivity contribution in [2.24, 2.45) is 5.10 Å². The second kappa shape index (κ2) is 7.00. The Morgan fingerprint density at radius 3 is 2.38 bits per heavy atom. The van der Waals surface area contributed by atoms with E-state index in [1.165, 1.54) is 11.8 Å². The van der Waals surface area contributed by atoms with Crippen molar-refractivity contribution in [2.45, 2.75) is 26.2 Å². The second-order valence-corrected chi connectivity index (χ2v) is 7.25. The highest BCUT2D eigenvalue weighted by Gasteiger charge is 2.14. The van der Waals surface area contributed by atoms with E-state index in [1.807, 2.05) is 42.5 Å². The van der Waals surface area contributed by atoms with Crippen LogP contribution in [0.3, 0.4) is 0 Å². The molecule has 0 atom stereocenters. The molecule has 0 saturated carbocycles. The number of phenolic OH excluding ortho intramolecular Hbond substituents is 1. The zero-order valence-corrected chi connectivity index (χ0v) is 15.2. The summed E-state index contributed by atoms with van der Waals surface area (Å²) in [6.45, 7) is 6.38. The number of hydrogen-bond acceptors (Lipinski definition) is 3. The van der Waals surface area contributed by atoms with Gasteiger partial charge in [0.05, 0.1) is 6.21 Å². The molecule has 0 bridgehead atoms. The van der Waals surface area contributed by atoms with Gasteiger partial charge in [-0.15, -0.1) is 0 Å². The summed E-state index contributed by atoms with van der Waals surface area (Å²) in [5.41, 5.74) is 4.80. The van der Waals surface area contributed by atoms with E-state index in [-0.39, 0.29) is 17.1 Å². The van der Waals surface area contributed by atoms with Crippen molar-refractivity contribution in [2.75, 3.05) is 0 Å². The lowest BCUT2D eigenvalue weighted by molar-refractivity contribution is 0.0955. The standard InChI is InChI=1S/C22H22N2O2/c1-22(2,3)18-12-10-16(11-13-18)21(26)24-23-14-17-9-8-15-6-4-5-7-19(15)20(17)25/h4-14,25H,1-3H3,(H,24,26)/b23-14+. The molecular weight excluding hydrogens is 324 g/mol. The van der Waals surface area contributed by atoms with E-state index in [4.69, 9.17) is 0 Å². The smallest absolute Gasteiger partial charge is 0.271 e. The van der Waals surface area contributed by atoms with Crippen molar-refractivity contribution in [3.05, 3.63) is 77.4 Å². The van der Waals surface area contributed by atoms with Crippen LogP contribution >= 0.6 is 0 Å². The SMILES string of the molecule is CC(C)(C)c1ccc(C(=O)N/N=C/c2ccc3ccccc3c2O)cc1. The molecule has 0 saturated heterocycles. The molecule has 0 spiro atoms. The van der Waals surface area contributed by atoms with Gasteiger partial charge in [-0.05, 0) is 34.6 Å².